The molecule has 1 fully saturated rings. The number of carboxylic acid groups (broad SMARTS) is 1. The number of aromatic nitrogens is 2. The maximum atomic E-state index is 11.5. The number of rotatable bonds is 6. The summed E-state index contributed by atoms with van der Waals surface area (Å²) in [6, 6.07) is 0. The fourth-order valence-electron chi connectivity index (χ4n) is 2.62. The molecule has 2 rings (SSSR count). The quantitative estimate of drug-likeness (QED) is 0.305. The Balaban J connectivity index is 2.12. The molecular formula is C17H27ClN2O4SSi. The predicted octanol–water partition coefficient (Wildman–Crippen LogP) is 4.87. The molecule has 1 aromatic heterocycles. The van der Waals surface area contributed by atoms with Crippen molar-refractivity contribution in [1.82, 2.24) is 9.97 Å². The van der Waals surface area contributed by atoms with Gasteiger partial charge in [0.05, 0.1) is 0 Å². The number of aromatic carboxylic acids is 1. The number of ether oxygens (including phenoxy) is 1. The van der Waals surface area contributed by atoms with Crippen molar-refractivity contribution in [3.63, 3.8) is 0 Å². The highest BCUT2D eigenvalue weighted by Crippen LogP contribution is 2.40. The molecule has 9 heteroatoms. The number of hydrogen-bond acceptors (Lipinski definition) is 6. The van der Waals surface area contributed by atoms with Crippen molar-refractivity contribution in [2.45, 2.75) is 75.5 Å². The van der Waals surface area contributed by atoms with E-state index >= 15 is 0 Å². The Labute approximate surface area is 165 Å². The smallest absolute Gasteiger partial charge is 0.344 e. The third kappa shape index (κ3) is 4.91. The van der Waals surface area contributed by atoms with Gasteiger partial charge in [0.1, 0.15) is 6.10 Å². The average molecular weight is 419 g/mol. The Hall–Kier alpha value is -0.833. The molecular weight excluding hydrogens is 392 g/mol. The third-order valence-corrected chi connectivity index (χ3v) is 10.4. The number of nitrogens with zero attached hydrogens (tertiary/aromatic N) is 2. The Morgan fingerprint density at radius 3 is 2.42 bits per heavy atom. The lowest BCUT2D eigenvalue weighted by Crippen LogP contribution is -2.43. The first-order valence-electron chi connectivity index (χ1n) is 8.64. The molecule has 1 aliphatic carbocycles. The summed E-state index contributed by atoms with van der Waals surface area (Å²) in [6.45, 7) is 11.1. The summed E-state index contributed by atoms with van der Waals surface area (Å²) in [5.74, 6) is -1.15. The molecule has 146 valence electrons. The molecule has 2 unspecified atom stereocenters. The van der Waals surface area contributed by atoms with Gasteiger partial charge in [-0.2, -0.15) is 4.98 Å². The maximum absolute atomic E-state index is 11.5. The normalized spacial score (nSPS) is 21.0. The van der Waals surface area contributed by atoms with Gasteiger partial charge in [-0.1, -0.05) is 44.1 Å². The van der Waals surface area contributed by atoms with E-state index in [-0.39, 0.29) is 33.8 Å². The van der Waals surface area contributed by atoms with E-state index in [0.29, 0.717) is 5.16 Å². The van der Waals surface area contributed by atoms with Crippen molar-refractivity contribution < 1.29 is 19.1 Å². The van der Waals surface area contributed by atoms with E-state index in [2.05, 4.69) is 43.8 Å². The van der Waals surface area contributed by atoms with Crippen LogP contribution in [0, 0.1) is 0 Å². The average Bonchev–Trinajstić information content (AvgIpc) is 2.91. The van der Waals surface area contributed by atoms with E-state index in [1.165, 1.54) is 11.8 Å². The lowest BCUT2D eigenvalue weighted by molar-refractivity contribution is 0.0686. The molecule has 2 atom stereocenters. The summed E-state index contributed by atoms with van der Waals surface area (Å²) in [5.41, 5.74) is -0.182. The molecule has 0 radical (unpaired) electrons. The van der Waals surface area contributed by atoms with Gasteiger partial charge in [0, 0.05) is 12.5 Å². The molecule has 1 N–H and O–H groups in total. The summed E-state index contributed by atoms with van der Waals surface area (Å²) in [5, 5.41) is 9.85. The van der Waals surface area contributed by atoms with Crippen molar-refractivity contribution in [2.75, 3.05) is 6.26 Å². The van der Waals surface area contributed by atoms with Gasteiger partial charge < -0.3 is 14.3 Å². The topological polar surface area (TPSA) is 81.5 Å². The van der Waals surface area contributed by atoms with Gasteiger partial charge in [-0.05, 0) is 37.2 Å². The van der Waals surface area contributed by atoms with Gasteiger partial charge >= 0.3 is 5.97 Å². The first-order valence-corrected chi connectivity index (χ1v) is 13.1. The summed E-state index contributed by atoms with van der Waals surface area (Å²) >= 11 is 7.30. The van der Waals surface area contributed by atoms with Crippen molar-refractivity contribution in [2.24, 2.45) is 0 Å². The monoisotopic (exact) mass is 418 g/mol. The highest BCUT2D eigenvalue weighted by Gasteiger charge is 2.41. The molecule has 0 saturated heterocycles. The largest absolute Gasteiger partial charge is 0.477 e. The van der Waals surface area contributed by atoms with Crippen LogP contribution in [0.4, 0.5) is 0 Å². The highest BCUT2D eigenvalue weighted by atomic mass is 35.5. The van der Waals surface area contributed by atoms with Crippen LogP contribution in [0.5, 0.6) is 5.88 Å². The zero-order valence-electron chi connectivity index (χ0n) is 16.1. The number of carboxylic acids is 1. The molecule has 1 saturated carbocycles. The van der Waals surface area contributed by atoms with Crippen molar-refractivity contribution in [3.05, 3.63) is 10.7 Å². The van der Waals surface area contributed by atoms with Crippen molar-refractivity contribution in [1.29, 1.82) is 0 Å². The minimum absolute atomic E-state index is 0.0415. The summed E-state index contributed by atoms with van der Waals surface area (Å²) in [4.78, 5) is 19.7. The lowest BCUT2D eigenvalue weighted by atomic mass is 10.2. The van der Waals surface area contributed by atoms with Crippen LogP contribution < -0.4 is 4.74 Å². The van der Waals surface area contributed by atoms with E-state index in [9.17, 15) is 9.90 Å². The zero-order chi connectivity index (χ0) is 19.7. The van der Waals surface area contributed by atoms with E-state index in [0.717, 1.165) is 19.3 Å². The molecule has 1 aliphatic rings. The fourth-order valence-corrected chi connectivity index (χ4v) is 4.67. The SMILES string of the molecule is CSc1nc(Cl)c(C(=O)O)c(OC2CCC(O[Si](C)(C)C(C)(C)C)C2)n1. The third-order valence-electron chi connectivity index (χ3n) is 5.09. The number of hydrogen-bond donors (Lipinski definition) is 1. The van der Waals surface area contributed by atoms with Gasteiger partial charge in [-0.15, -0.1) is 0 Å². The molecule has 0 aromatic carbocycles. The van der Waals surface area contributed by atoms with Crippen LogP contribution in [0.2, 0.25) is 23.3 Å². The van der Waals surface area contributed by atoms with Gasteiger partial charge in [0.25, 0.3) is 0 Å². The molecule has 6 nitrogen and oxygen atoms in total. The minimum atomic E-state index is -1.84. The van der Waals surface area contributed by atoms with Crippen LogP contribution in [0.25, 0.3) is 0 Å². The summed E-state index contributed by atoms with van der Waals surface area (Å²) < 4.78 is 12.4. The Morgan fingerprint density at radius 1 is 1.27 bits per heavy atom. The minimum Gasteiger partial charge on any atom is -0.477 e. The summed E-state index contributed by atoms with van der Waals surface area (Å²) in [7, 11) is -1.84. The first kappa shape index (κ1) is 21.5. The molecule has 0 aliphatic heterocycles. The van der Waals surface area contributed by atoms with E-state index in [4.69, 9.17) is 20.8 Å². The molecule has 0 bridgehead atoms. The van der Waals surface area contributed by atoms with E-state index in [1.807, 2.05) is 0 Å². The van der Waals surface area contributed by atoms with E-state index in [1.54, 1.807) is 6.26 Å². The molecule has 26 heavy (non-hydrogen) atoms. The molecule has 1 heterocycles. The fraction of sp³-hybridized carbons (Fsp3) is 0.706. The van der Waals surface area contributed by atoms with Crippen LogP contribution in [-0.4, -0.2) is 47.8 Å². The van der Waals surface area contributed by atoms with E-state index < -0.39 is 14.3 Å². The first-order chi connectivity index (χ1) is 11.9. The van der Waals surface area contributed by atoms with Gasteiger partial charge in [-0.25, -0.2) is 9.78 Å². The van der Waals surface area contributed by atoms with Crippen LogP contribution in [0.1, 0.15) is 50.4 Å². The van der Waals surface area contributed by atoms with Gasteiger partial charge in [0.15, 0.2) is 24.2 Å². The molecule has 1 aromatic rings. The van der Waals surface area contributed by atoms with Crippen LogP contribution in [-0.2, 0) is 4.43 Å². The summed E-state index contributed by atoms with van der Waals surface area (Å²) in [6.07, 6.45) is 4.22. The van der Waals surface area contributed by atoms with Crippen LogP contribution >= 0.6 is 23.4 Å². The second-order valence-electron chi connectivity index (χ2n) is 8.04. The Bertz CT molecular complexity index is 681. The Morgan fingerprint density at radius 2 is 1.88 bits per heavy atom. The lowest BCUT2D eigenvalue weighted by Gasteiger charge is -2.38. The van der Waals surface area contributed by atoms with Crippen LogP contribution in [0.3, 0.4) is 0 Å². The standard InChI is InChI=1S/C17H27ClN2O4SSi/c1-17(2,3)26(5,6)24-11-8-7-10(9-11)23-14-12(15(21)22)13(18)19-16(20-14)25-4/h10-11H,7-9H2,1-6H3,(H,21,22). The predicted molar refractivity (Wildman–Crippen MR) is 106 cm³/mol. The second kappa shape index (κ2) is 8.04. The number of carbonyl (C=O) groups is 1. The van der Waals surface area contributed by atoms with Gasteiger partial charge in [-0.3, -0.25) is 0 Å². The van der Waals surface area contributed by atoms with Gasteiger partial charge in [0.2, 0.25) is 5.88 Å². The van der Waals surface area contributed by atoms with Crippen molar-refractivity contribution in [3.8, 4) is 5.88 Å². The number of halogens is 1. The molecule has 0 amide bonds. The second-order valence-corrected chi connectivity index (χ2v) is 13.9. The van der Waals surface area contributed by atoms with Crippen LogP contribution in [0.15, 0.2) is 5.16 Å². The maximum Gasteiger partial charge on any atom is 0.344 e. The highest BCUT2D eigenvalue weighted by molar-refractivity contribution is 7.98. The Kier molecular flexibility index (Phi) is 6.64. The molecule has 0 spiro atoms. The number of thioether (sulfide) groups is 1. The zero-order valence-corrected chi connectivity index (χ0v) is 18.7. The van der Waals surface area contributed by atoms with Crippen molar-refractivity contribution >= 4 is 37.6 Å².